The topological polar surface area (TPSA) is 46.2 Å². The average Bonchev–Trinajstić information content (AvgIpc) is 2.33. The molecule has 0 heterocycles. The van der Waals surface area contributed by atoms with E-state index in [1.165, 1.54) is 0 Å². The van der Waals surface area contributed by atoms with Gasteiger partial charge in [0.15, 0.2) is 0 Å². The lowest BCUT2D eigenvalue weighted by molar-refractivity contribution is -0.143. The zero-order valence-corrected chi connectivity index (χ0v) is 10.2. The van der Waals surface area contributed by atoms with Crippen LogP contribution in [0.2, 0.25) is 0 Å². The van der Waals surface area contributed by atoms with E-state index in [1.54, 1.807) is 0 Å². The molecule has 8 heteroatoms. The summed E-state index contributed by atoms with van der Waals surface area (Å²) >= 11 is 0. The van der Waals surface area contributed by atoms with Crippen LogP contribution in [0.3, 0.4) is 0 Å². The van der Waals surface area contributed by atoms with Crippen molar-refractivity contribution in [2.45, 2.75) is 31.2 Å². The van der Waals surface area contributed by atoms with Crippen molar-refractivity contribution >= 4 is 0 Å². The molecule has 0 fully saturated rings. The summed E-state index contributed by atoms with van der Waals surface area (Å²) in [6.07, 6.45) is -9.48. The summed E-state index contributed by atoms with van der Waals surface area (Å²) in [5.41, 5.74) is 2.54. The monoisotopic (exact) mass is 301 g/mol. The Kier molecular flexibility index (Phi) is 5.04. The number of hydrogen-bond donors (Lipinski definition) is 2. The minimum absolute atomic E-state index is 0.0578. The fraction of sp³-hybridized carbons (Fsp3) is 0.500. The maximum absolute atomic E-state index is 12.6. The lowest BCUT2D eigenvalue weighted by atomic mass is 9.97. The van der Waals surface area contributed by atoms with E-state index in [-0.39, 0.29) is 31.1 Å². The van der Waals surface area contributed by atoms with Gasteiger partial charge in [0, 0.05) is 12.6 Å². The van der Waals surface area contributed by atoms with Crippen LogP contribution in [0.1, 0.15) is 35.6 Å². The Morgan fingerprint density at radius 1 is 0.950 bits per heavy atom. The number of hydrogen-bond acceptors (Lipinski definition) is 2. The van der Waals surface area contributed by atoms with Gasteiger partial charge in [0.05, 0.1) is 11.1 Å². The van der Waals surface area contributed by atoms with Gasteiger partial charge in [0.25, 0.3) is 0 Å². The molecule has 0 radical (unpaired) electrons. The highest BCUT2D eigenvalue weighted by molar-refractivity contribution is 5.35. The van der Waals surface area contributed by atoms with Crippen LogP contribution >= 0.6 is 0 Å². The smallest absolute Gasteiger partial charge is 0.396 e. The Balaban J connectivity index is 3.24. The number of aliphatic hydroxyl groups excluding tert-OH is 1. The predicted octanol–water partition coefficient (Wildman–Crippen LogP) is 3.50. The molecule has 0 spiro atoms. The van der Waals surface area contributed by atoms with Crippen LogP contribution in [-0.4, -0.2) is 11.7 Å². The lowest BCUT2D eigenvalue weighted by Gasteiger charge is -2.17. The largest absolute Gasteiger partial charge is 0.416 e. The van der Waals surface area contributed by atoms with Crippen molar-refractivity contribution < 1.29 is 31.4 Å². The molecule has 1 aromatic rings. The number of halogens is 6. The molecule has 1 aromatic carbocycles. The molecule has 0 saturated carbocycles. The molecule has 0 aliphatic carbocycles. The highest BCUT2D eigenvalue weighted by Gasteiger charge is 2.37. The van der Waals surface area contributed by atoms with Gasteiger partial charge in [-0.3, -0.25) is 0 Å². The first-order valence-electron chi connectivity index (χ1n) is 5.71. The summed E-state index contributed by atoms with van der Waals surface area (Å²) < 4.78 is 75.6. The fourth-order valence-corrected chi connectivity index (χ4v) is 1.67. The van der Waals surface area contributed by atoms with Gasteiger partial charge in [0.2, 0.25) is 0 Å². The zero-order valence-electron chi connectivity index (χ0n) is 10.2. The van der Waals surface area contributed by atoms with Gasteiger partial charge in [-0.15, -0.1) is 0 Å². The van der Waals surface area contributed by atoms with Gasteiger partial charge in [-0.1, -0.05) is 0 Å². The molecular formula is C12H13F6NO. The zero-order chi connectivity index (χ0) is 15.6. The highest BCUT2D eigenvalue weighted by Crippen LogP contribution is 2.37. The maximum atomic E-state index is 12.6. The van der Waals surface area contributed by atoms with E-state index in [0.29, 0.717) is 12.1 Å². The van der Waals surface area contributed by atoms with Crippen LogP contribution in [0.15, 0.2) is 18.2 Å². The highest BCUT2D eigenvalue weighted by atomic mass is 19.4. The standard InChI is InChI=1S/C12H13F6NO/c13-11(14,15)8-4-7(10(19)2-1-3-20)5-9(6-8)12(16,17)18/h4-6,10,20H,1-3,19H2/t10-/m1/s1. The quantitative estimate of drug-likeness (QED) is 0.836. The van der Waals surface area contributed by atoms with Crippen molar-refractivity contribution in [1.82, 2.24) is 0 Å². The van der Waals surface area contributed by atoms with E-state index >= 15 is 0 Å². The molecule has 2 nitrogen and oxygen atoms in total. The van der Waals surface area contributed by atoms with E-state index in [1.807, 2.05) is 0 Å². The van der Waals surface area contributed by atoms with Crippen molar-refractivity contribution in [3.05, 3.63) is 34.9 Å². The lowest BCUT2D eigenvalue weighted by Crippen LogP contribution is -2.16. The molecule has 0 saturated heterocycles. The third kappa shape index (κ3) is 4.38. The fourth-order valence-electron chi connectivity index (χ4n) is 1.67. The number of benzene rings is 1. The molecule has 0 aromatic heterocycles. The van der Waals surface area contributed by atoms with Gasteiger partial charge in [0.1, 0.15) is 0 Å². The van der Waals surface area contributed by atoms with Gasteiger partial charge >= 0.3 is 12.4 Å². The Bertz CT molecular complexity index is 422. The van der Waals surface area contributed by atoms with E-state index in [4.69, 9.17) is 10.8 Å². The third-order valence-electron chi connectivity index (χ3n) is 2.71. The second-order valence-electron chi connectivity index (χ2n) is 4.31. The Morgan fingerprint density at radius 3 is 1.75 bits per heavy atom. The molecular weight excluding hydrogens is 288 g/mol. The minimum Gasteiger partial charge on any atom is -0.396 e. The molecule has 1 atom stereocenters. The van der Waals surface area contributed by atoms with E-state index in [0.717, 1.165) is 0 Å². The number of aliphatic hydroxyl groups is 1. The van der Waals surface area contributed by atoms with E-state index < -0.39 is 29.5 Å². The van der Waals surface area contributed by atoms with Crippen LogP contribution in [0, 0.1) is 0 Å². The van der Waals surface area contributed by atoms with Crippen molar-refractivity contribution in [3.8, 4) is 0 Å². The van der Waals surface area contributed by atoms with Crippen molar-refractivity contribution in [3.63, 3.8) is 0 Å². The van der Waals surface area contributed by atoms with E-state index in [2.05, 4.69) is 0 Å². The Hall–Kier alpha value is -1.28. The molecule has 0 aliphatic heterocycles. The van der Waals surface area contributed by atoms with Crippen molar-refractivity contribution in [2.75, 3.05) is 6.61 Å². The minimum atomic E-state index is -4.88. The SMILES string of the molecule is N[C@H](CCCO)c1cc(C(F)(F)F)cc(C(F)(F)F)c1. The second kappa shape index (κ2) is 6.01. The summed E-state index contributed by atoms with van der Waals surface area (Å²) in [4.78, 5) is 0. The number of rotatable bonds is 4. The number of nitrogens with two attached hydrogens (primary N) is 1. The molecule has 0 amide bonds. The Labute approximate surface area is 111 Å². The predicted molar refractivity (Wildman–Crippen MR) is 59.7 cm³/mol. The van der Waals surface area contributed by atoms with Crippen LogP contribution in [0.4, 0.5) is 26.3 Å². The van der Waals surface area contributed by atoms with Crippen molar-refractivity contribution in [2.24, 2.45) is 5.73 Å². The van der Waals surface area contributed by atoms with Gasteiger partial charge in [-0.25, -0.2) is 0 Å². The van der Waals surface area contributed by atoms with Gasteiger partial charge in [-0.05, 0) is 36.6 Å². The third-order valence-corrected chi connectivity index (χ3v) is 2.71. The average molecular weight is 301 g/mol. The summed E-state index contributed by atoms with van der Waals surface area (Å²) in [5, 5.41) is 8.61. The van der Waals surface area contributed by atoms with Gasteiger partial charge < -0.3 is 10.8 Å². The summed E-state index contributed by atoms with van der Waals surface area (Å²) in [6.45, 7) is -0.237. The summed E-state index contributed by atoms with van der Waals surface area (Å²) in [6, 6.07) is 0.280. The second-order valence-corrected chi connectivity index (χ2v) is 4.31. The molecule has 3 N–H and O–H groups in total. The summed E-state index contributed by atoms with van der Waals surface area (Å²) in [7, 11) is 0. The van der Waals surface area contributed by atoms with Crippen LogP contribution in [0.25, 0.3) is 0 Å². The molecule has 0 unspecified atom stereocenters. The van der Waals surface area contributed by atoms with Crippen molar-refractivity contribution in [1.29, 1.82) is 0 Å². The Morgan fingerprint density at radius 2 is 1.40 bits per heavy atom. The van der Waals surface area contributed by atoms with Crippen LogP contribution in [0.5, 0.6) is 0 Å². The maximum Gasteiger partial charge on any atom is 0.416 e. The molecule has 1 rings (SSSR count). The number of alkyl halides is 6. The first kappa shape index (κ1) is 16.8. The van der Waals surface area contributed by atoms with E-state index in [9.17, 15) is 26.3 Å². The van der Waals surface area contributed by atoms with Crippen LogP contribution < -0.4 is 5.73 Å². The molecule has 114 valence electrons. The van der Waals surface area contributed by atoms with Gasteiger partial charge in [-0.2, -0.15) is 26.3 Å². The van der Waals surface area contributed by atoms with Crippen LogP contribution in [-0.2, 0) is 12.4 Å². The first-order valence-corrected chi connectivity index (χ1v) is 5.71. The normalized spacial score (nSPS) is 14.4. The molecule has 0 bridgehead atoms. The first-order chi connectivity index (χ1) is 9.05. The molecule has 20 heavy (non-hydrogen) atoms. The summed E-state index contributed by atoms with van der Waals surface area (Å²) in [5.74, 6) is 0. The molecule has 0 aliphatic rings.